The molecule has 0 aromatic carbocycles. The molecule has 0 aromatic heterocycles. The third kappa shape index (κ3) is 7.11. The van der Waals surface area contributed by atoms with Crippen LogP contribution in [0.1, 0.15) is 115 Å². The monoisotopic (exact) mass is 676 g/mol. The third-order valence-corrected chi connectivity index (χ3v) is 23.9. The van der Waals surface area contributed by atoms with Crippen molar-refractivity contribution in [2.24, 2.45) is 28.6 Å². The average Bonchev–Trinajstić information content (AvgIpc) is 3.12. The molecule has 3 fully saturated rings. The lowest BCUT2D eigenvalue weighted by molar-refractivity contribution is -0.122. The smallest absolute Gasteiger partial charge is 0.192 e. The van der Waals surface area contributed by atoms with Crippen LogP contribution in [0.4, 0.5) is 0 Å². The number of hydrogen-bond donors (Lipinski definition) is 1. The first kappa shape index (κ1) is 37.6. The Hall–Kier alpha value is -0.186. The van der Waals surface area contributed by atoms with Crippen LogP contribution in [0.15, 0.2) is 23.3 Å². The molecule has 0 amide bonds. The van der Waals surface area contributed by atoms with Gasteiger partial charge in [0.1, 0.15) is 5.78 Å². The molecule has 0 aliphatic heterocycles. The lowest BCUT2D eigenvalue weighted by Crippen LogP contribution is -2.58. The van der Waals surface area contributed by atoms with Crippen LogP contribution in [0.2, 0.25) is 36.3 Å². The third-order valence-electron chi connectivity index (χ3n) is 13.6. The largest absolute Gasteiger partial charge is 0.414 e. The molecule has 0 unspecified atom stereocenters. The van der Waals surface area contributed by atoms with Gasteiger partial charge in [-0.15, -0.1) is 0 Å². The maximum Gasteiger partial charge on any atom is 0.192 e. The Morgan fingerprint density at radius 1 is 0.933 bits per heavy atom. The van der Waals surface area contributed by atoms with E-state index in [1.165, 1.54) is 11.1 Å². The number of ketones is 1. The Kier molecular flexibility index (Phi) is 10.3. The van der Waals surface area contributed by atoms with Crippen LogP contribution >= 0.6 is 11.8 Å². The molecule has 258 valence electrons. The molecular formula is C38H68O4SSi2. The van der Waals surface area contributed by atoms with Gasteiger partial charge in [0.25, 0.3) is 0 Å². The second kappa shape index (κ2) is 12.3. The van der Waals surface area contributed by atoms with E-state index in [9.17, 15) is 9.90 Å². The van der Waals surface area contributed by atoms with Gasteiger partial charge in [-0.3, -0.25) is 4.79 Å². The maximum atomic E-state index is 13.9. The predicted octanol–water partition coefficient (Wildman–Crippen LogP) is 10.3. The molecule has 4 aliphatic carbocycles. The summed E-state index contributed by atoms with van der Waals surface area (Å²) in [4.78, 5) is 13.9. The Morgan fingerprint density at radius 3 is 2.07 bits per heavy atom. The van der Waals surface area contributed by atoms with Gasteiger partial charge in [-0.1, -0.05) is 85.6 Å². The van der Waals surface area contributed by atoms with Gasteiger partial charge in [-0.05, 0) is 105 Å². The quantitative estimate of drug-likeness (QED) is 0.246. The molecule has 1 N–H and O–H groups in total. The minimum absolute atomic E-state index is 0.0132. The van der Waals surface area contributed by atoms with Crippen molar-refractivity contribution in [3.63, 3.8) is 0 Å². The fourth-order valence-electron chi connectivity index (χ4n) is 8.62. The molecule has 0 heterocycles. The molecule has 8 atom stereocenters. The highest BCUT2D eigenvalue weighted by atomic mass is 32.2. The number of carbonyl (C=O) groups is 1. The summed E-state index contributed by atoms with van der Waals surface area (Å²) in [5.41, 5.74) is 2.27. The average molecular weight is 677 g/mol. The molecule has 0 spiro atoms. The molecule has 7 heteroatoms. The van der Waals surface area contributed by atoms with Crippen molar-refractivity contribution in [2.75, 3.05) is 5.75 Å². The Bertz CT molecular complexity index is 1190. The summed E-state index contributed by atoms with van der Waals surface area (Å²) in [6.45, 7) is 34.6. The van der Waals surface area contributed by atoms with Crippen molar-refractivity contribution in [2.45, 2.75) is 174 Å². The van der Waals surface area contributed by atoms with E-state index in [4.69, 9.17) is 8.85 Å². The Morgan fingerprint density at radius 2 is 1.51 bits per heavy atom. The summed E-state index contributed by atoms with van der Waals surface area (Å²) in [7, 11) is -4.01. The maximum absolute atomic E-state index is 13.9. The number of fused-ring (bicyclic) bond motifs is 5. The van der Waals surface area contributed by atoms with Crippen molar-refractivity contribution >= 4 is 34.2 Å². The van der Waals surface area contributed by atoms with E-state index < -0.39 is 22.2 Å². The molecule has 0 bridgehead atoms. The highest BCUT2D eigenvalue weighted by Gasteiger charge is 2.62. The van der Waals surface area contributed by atoms with E-state index in [-0.39, 0.29) is 44.3 Å². The number of carbonyl (C=O) groups excluding carboxylic acids is 1. The van der Waals surface area contributed by atoms with Gasteiger partial charge in [0.05, 0.1) is 17.8 Å². The zero-order valence-electron chi connectivity index (χ0n) is 31.6. The van der Waals surface area contributed by atoms with Crippen LogP contribution < -0.4 is 0 Å². The fourth-order valence-corrected chi connectivity index (χ4v) is 13.0. The molecule has 0 aromatic rings. The van der Waals surface area contributed by atoms with Gasteiger partial charge >= 0.3 is 0 Å². The molecule has 4 aliphatic rings. The number of aliphatic hydroxyl groups is 1. The Labute approximate surface area is 283 Å². The van der Waals surface area contributed by atoms with Gasteiger partial charge in [-0.2, -0.15) is 11.8 Å². The molecule has 3 saturated carbocycles. The van der Waals surface area contributed by atoms with Gasteiger partial charge < -0.3 is 14.0 Å². The van der Waals surface area contributed by atoms with Crippen LogP contribution in [-0.4, -0.2) is 56.3 Å². The van der Waals surface area contributed by atoms with Gasteiger partial charge in [-0.25, -0.2) is 0 Å². The van der Waals surface area contributed by atoms with Crippen molar-refractivity contribution in [3.05, 3.63) is 23.3 Å². The van der Waals surface area contributed by atoms with Crippen LogP contribution in [0.3, 0.4) is 0 Å². The summed E-state index contributed by atoms with van der Waals surface area (Å²) < 4.78 is 14.6. The van der Waals surface area contributed by atoms with E-state index in [0.717, 1.165) is 37.9 Å². The van der Waals surface area contributed by atoms with Gasteiger partial charge in [0.15, 0.2) is 16.6 Å². The number of Topliss-reactive ketones (excluding diaryl/α,β-unsaturated/α-hetero) is 1. The van der Waals surface area contributed by atoms with E-state index >= 15 is 0 Å². The van der Waals surface area contributed by atoms with Crippen LogP contribution in [-0.2, 0) is 13.6 Å². The van der Waals surface area contributed by atoms with Gasteiger partial charge in [0.2, 0.25) is 0 Å². The standard InChI is InChI=1S/C38H68O4SSi2/c1-25(43-21-20-36(8,9)40)33-31(39)24-30-28-17-16-26-22-27(41-44(12,13)34(2,3)4)23-32(42-45(14,15)35(5,6)7)38(26,11)29(28)18-19-37(30,33)10/h16-17,25,27,29-30,32-33,40H,18-24H2,1-15H3/t25-,27-,29+,30+,32+,33+,37+,38+/m1/s1. The number of hydrogen-bond acceptors (Lipinski definition) is 5. The van der Waals surface area contributed by atoms with E-state index in [1.807, 2.05) is 25.6 Å². The first-order valence-electron chi connectivity index (χ1n) is 17.9. The van der Waals surface area contributed by atoms with E-state index in [1.54, 1.807) is 0 Å². The lowest BCUT2D eigenvalue weighted by Gasteiger charge is -2.59. The minimum atomic E-state index is -2.07. The Balaban J connectivity index is 1.69. The van der Waals surface area contributed by atoms with Crippen molar-refractivity contribution in [3.8, 4) is 0 Å². The summed E-state index contributed by atoms with van der Waals surface area (Å²) in [6.07, 6.45) is 10.7. The number of allylic oxidation sites excluding steroid dienone is 3. The zero-order chi connectivity index (χ0) is 34.2. The second-order valence-electron chi connectivity index (χ2n) is 19.4. The topological polar surface area (TPSA) is 55.8 Å². The minimum Gasteiger partial charge on any atom is -0.414 e. The normalized spacial score (nSPS) is 35.3. The summed E-state index contributed by atoms with van der Waals surface area (Å²) in [6, 6.07) is 0. The summed E-state index contributed by atoms with van der Waals surface area (Å²) in [5.74, 6) is 2.12. The van der Waals surface area contributed by atoms with Gasteiger partial charge in [0, 0.05) is 23.0 Å². The predicted molar refractivity (Wildman–Crippen MR) is 198 cm³/mol. The van der Waals surface area contributed by atoms with Crippen molar-refractivity contribution in [1.82, 2.24) is 0 Å². The molecule has 0 radical (unpaired) electrons. The molecule has 4 nitrogen and oxygen atoms in total. The molecule has 4 rings (SSSR count). The van der Waals surface area contributed by atoms with Crippen molar-refractivity contribution in [1.29, 1.82) is 0 Å². The first-order chi connectivity index (χ1) is 20.2. The molecule has 0 saturated heterocycles. The van der Waals surface area contributed by atoms with Crippen molar-refractivity contribution < 1.29 is 18.8 Å². The summed E-state index contributed by atoms with van der Waals surface area (Å²) in [5, 5.41) is 10.8. The molecule has 45 heavy (non-hydrogen) atoms. The van der Waals surface area contributed by atoms with E-state index in [2.05, 4.69) is 101 Å². The SMILES string of the molecule is C[C@@H](SCCC(C)(C)O)[C@H]1C(=O)C[C@H]2C3=CC=C4C[C@@H](O[Si](C)(C)C(C)(C)C)C[C@H](O[Si](C)(C)C(C)(C)C)[C@]4(C)[C@H]3CC[C@]12C. The highest BCUT2D eigenvalue weighted by Crippen LogP contribution is 2.66. The van der Waals surface area contributed by atoms with Crippen LogP contribution in [0, 0.1) is 28.6 Å². The van der Waals surface area contributed by atoms with Crippen LogP contribution in [0.5, 0.6) is 0 Å². The van der Waals surface area contributed by atoms with Crippen LogP contribution in [0.25, 0.3) is 0 Å². The summed E-state index contributed by atoms with van der Waals surface area (Å²) >= 11 is 1.88. The highest BCUT2D eigenvalue weighted by molar-refractivity contribution is 7.99. The first-order valence-corrected chi connectivity index (χ1v) is 24.7. The fraction of sp³-hybridized carbons (Fsp3) is 0.868. The zero-order valence-corrected chi connectivity index (χ0v) is 34.5. The second-order valence-corrected chi connectivity index (χ2v) is 30.4. The van der Waals surface area contributed by atoms with E-state index in [0.29, 0.717) is 24.0 Å². The number of thioether (sulfide) groups is 1. The molecular weight excluding hydrogens is 609 g/mol. The lowest BCUT2D eigenvalue weighted by atomic mass is 9.49. The number of rotatable bonds is 9.